The van der Waals surface area contributed by atoms with Crippen LogP contribution < -0.4 is 10.8 Å². The lowest BCUT2D eigenvalue weighted by atomic mass is 10.0. The molecule has 24 heavy (non-hydrogen) atoms. The Kier molecular flexibility index (Phi) is 5.80. The Morgan fingerprint density at radius 3 is 2.83 bits per heavy atom. The zero-order chi connectivity index (χ0) is 16.8. The van der Waals surface area contributed by atoms with Crippen molar-refractivity contribution in [3.05, 3.63) is 63.9 Å². The van der Waals surface area contributed by atoms with Crippen LogP contribution >= 0.6 is 11.3 Å². The molecule has 1 aliphatic rings. The molecule has 2 aromatic rings. The summed E-state index contributed by atoms with van der Waals surface area (Å²) in [5, 5.41) is 16.6. The molecule has 0 spiro atoms. The lowest BCUT2D eigenvalue weighted by Gasteiger charge is -2.14. The van der Waals surface area contributed by atoms with Gasteiger partial charge in [0, 0.05) is 18.2 Å². The van der Waals surface area contributed by atoms with E-state index in [2.05, 4.69) is 34.3 Å². The summed E-state index contributed by atoms with van der Waals surface area (Å²) in [6.07, 6.45) is 7.70. The molecule has 126 valence electrons. The molecule has 0 radical (unpaired) electrons. The van der Waals surface area contributed by atoms with Gasteiger partial charge in [0.05, 0.1) is 0 Å². The largest absolute Gasteiger partial charge is 0.307 e. The van der Waals surface area contributed by atoms with Gasteiger partial charge in [0.1, 0.15) is 0 Å². The molecule has 0 saturated carbocycles. The lowest BCUT2D eigenvalue weighted by molar-refractivity contribution is -0.124. The maximum Gasteiger partial charge on any atom is 0.267 e. The van der Waals surface area contributed by atoms with Crippen LogP contribution in [0.25, 0.3) is 6.08 Å². The fourth-order valence-electron chi connectivity index (χ4n) is 3.13. The van der Waals surface area contributed by atoms with Gasteiger partial charge in [-0.15, -0.1) is 0 Å². The van der Waals surface area contributed by atoms with Crippen LogP contribution in [-0.4, -0.2) is 17.2 Å². The van der Waals surface area contributed by atoms with E-state index in [1.807, 2.05) is 12.1 Å². The van der Waals surface area contributed by atoms with E-state index in [0.717, 1.165) is 18.4 Å². The minimum atomic E-state index is -0.523. The van der Waals surface area contributed by atoms with Gasteiger partial charge < -0.3 is 5.32 Å². The van der Waals surface area contributed by atoms with Crippen molar-refractivity contribution < 1.29 is 10.0 Å². The molecule has 1 aromatic carbocycles. The molecule has 2 atom stereocenters. The Bertz CT molecular complexity index is 680. The van der Waals surface area contributed by atoms with E-state index in [1.165, 1.54) is 30.0 Å². The van der Waals surface area contributed by atoms with E-state index in [4.69, 9.17) is 5.21 Å². The maximum atomic E-state index is 11.0. The average molecular weight is 342 g/mol. The normalized spacial score (nSPS) is 20.5. The second kappa shape index (κ2) is 8.24. The van der Waals surface area contributed by atoms with Crippen LogP contribution in [0.15, 0.2) is 47.2 Å². The Labute approximate surface area is 146 Å². The van der Waals surface area contributed by atoms with Crippen LogP contribution in [-0.2, 0) is 11.2 Å². The van der Waals surface area contributed by atoms with Gasteiger partial charge in [-0.2, -0.15) is 11.3 Å². The minimum Gasteiger partial charge on any atom is -0.307 e. The molecule has 2 heterocycles. The van der Waals surface area contributed by atoms with Crippen molar-refractivity contribution in [2.24, 2.45) is 0 Å². The number of amides is 1. The number of rotatable bonds is 6. The molecule has 4 nitrogen and oxygen atoms in total. The first-order valence-corrected chi connectivity index (χ1v) is 9.18. The number of aryl methyl sites for hydroxylation is 1. The number of nitrogens with one attached hydrogen (secondary N) is 2. The van der Waals surface area contributed by atoms with Crippen molar-refractivity contribution in [1.29, 1.82) is 0 Å². The zero-order valence-corrected chi connectivity index (χ0v) is 14.3. The number of thiophene rings is 1. The second-order valence-electron chi connectivity index (χ2n) is 6.14. The van der Waals surface area contributed by atoms with Gasteiger partial charge in [-0.3, -0.25) is 10.0 Å². The van der Waals surface area contributed by atoms with Crippen molar-refractivity contribution in [3.8, 4) is 0 Å². The van der Waals surface area contributed by atoms with Gasteiger partial charge in [-0.05, 0) is 65.3 Å². The number of hydrogen-bond acceptors (Lipinski definition) is 4. The van der Waals surface area contributed by atoms with E-state index >= 15 is 0 Å². The van der Waals surface area contributed by atoms with Gasteiger partial charge in [0.2, 0.25) is 0 Å². The molecule has 2 unspecified atom stereocenters. The maximum absolute atomic E-state index is 11.0. The first kappa shape index (κ1) is 16.9. The van der Waals surface area contributed by atoms with Crippen LogP contribution in [0.2, 0.25) is 0 Å². The third-order valence-corrected chi connectivity index (χ3v) is 5.21. The quantitative estimate of drug-likeness (QED) is 0.426. The van der Waals surface area contributed by atoms with Crippen LogP contribution in [0.1, 0.15) is 42.0 Å². The summed E-state index contributed by atoms with van der Waals surface area (Å²) in [7, 11) is 0. The molecular weight excluding hydrogens is 320 g/mol. The summed E-state index contributed by atoms with van der Waals surface area (Å²) in [5.74, 6) is -0.523. The van der Waals surface area contributed by atoms with Crippen LogP contribution in [0.4, 0.5) is 0 Å². The molecule has 0 bridgehead atoms. The average Bonchev–Trinajstić information content (AvgIpc) is 3.30. The first-order valence-electron chi connectivity index (χ1n) is 8.24. The molecule has 1 saturated heterocycles. The van der Waals surface area contributed by atoms with Crippen LogP contribution in [0.5, 0.6) is 0 Å². The number of benzene rings is 1. The summed E-state index contributed by atoms with van der Waals surface area (Å²) < 4.78 is 0. The number of carbonyl (C=O) groups excluding carboxylic acids is 1. The number of hydrogen-bond donors (Lipinski definition) is 3. The Morgan fingerprint density at radius 1 is 1.29 bits per heavy atom. The topological polar surface area (TPSA) is 61.4 Å². The van der Waals surface area contributed by atoms with Crippen molar-refractivity contribution in [1.82, 2.24) is 10.8 Å². The lowest BCUT2D eigenvalue weighted by Crippen LogP contribution is -2.24. The third kappa shape index (κ3) is 4.54. The predicted molar refractivity (Wildman–Crippen MR) is 96.9 cm³/mol. The van der Waals surface area contributed by atoms with E-state index in [1.54, 1.807) is 22.9 Å². The highest BCUT2D eigenvalue weighted by molar-refractivity contribution is 7.07. The highest BCUT2D eigenvalue weighted by Gasteiger charge is 2.24. The van der Waals surface area contributed by atoms with Gasteiger partial charge in [-0.1, -0.05) is 24.3 Å². The molecule has 1 aromatic heterocycles. The molecule has 0 aliphatic carbocycles. The van der Waals surface area contributed by atoms with E-state index in [0.29, 0.717) is 12.1 Å². The Morgan fingerprint density at radius 2 is 2.12 bits per heavy atom. The summed E-state index contributed by atoms with van der Waals surface area (Å²) in [6, 6.07) is 11.4. The first-order chi connectivity index (χ1) is 11.7. The van der Waals surface area contributed by atoms with E-state index in [9.17, 15) is 4.79 Å². The van der Waals surface area contributed by atoms with Crippen molar-refractivity contribution in [2.75, 3.05) is 0 Å². The van der Waals surface area contributed by atoms with Crippen molar-refractivity contribution >= 4 is 23.3 Å². The van der Waals surface area contributed by atoms with E-state index in [-0.39, 0.29) is 0 Å². The van der Waals surface area contributed by atoms with Crippen LogP contribution in [0, 0.1) is 0 Å². The Hall–Kier alpha value is -1.95. The van der Waals surface area contributed by atoms with Gasteiger partial charge >= 0.3 is 0 Å². The SMILES string of the molecule is O=C(/C=C/c1ccc(C2CCC(CCc3ccsc3)N2)cc1)NO. The molecular formula is C19H22N2O2S. The van der Waals surface area contributed by atoms with Crippen molar-refractivity contribution in [3.63, 3.8) is 0 Å². The van der Waals surface area contributed by atoms with Crippen LogP contribution in [0.3, 0.4) is 0 Å². The fraction of sp³-hybridized carbons (Fsp3) is 0.316. The third-order valence-electron chi connectivity index (χ3n) is 4.48. The summed E-state index contributed by atoms with van der Waals surface area (Å²) in [4.78, 5) is 11.0. The zero-order valence-electron chi connectivity index (χ0n) is 13.4. The minimum absolute atomic E-state index is 0.413. The standard InChI is InChI=1S/C19H22N2O2S/c22-19(21-23)10-4-14-1-5-16(6-2-14)18-9-8-17(20-18)7-3-15-11-12-24-13-15/h1-2,4-6,10-13,17-18,20,23H,3,7-9H2,(H,21,22)/b10-4+. The highest BCUT2D eigenvalue weighted by Crippen LogP contribution is 2.28. The molecule has 5 heteroatoms. The van der Waals surface area contributed by atoms with Gasteiger partial charge in [0.25, 0.3) is 5.91 Å². The molecule has 3 rings (SSSR count). The van der Waals surface area contributed by atoms with Crippen molar-refractivity contribution in [2.45, 2.75) is 37.8 Å². The monoisotopic (exact) mass is 342 g/mol. The summed E-state index contributed by atoms with van der Waals surface area (Å²) in [6.45, 7) is 0. The molecule has 1 aliphatic heterocycles. The summed E-state index contributed by atoms with van der Waals surface area (Å²) >= 11 is 1.76. The fourth-order valence-corrected chi connectivity index (χ4v) is 3.84. The smallest absolute Gasteiger partial charge is 0.267 e. The number of carbonyl (C=O) groups is 1. The van der Waals surface area contributed by atoms with Gasteiger partial charge in [0.15, 0.2) is 0 Å². The molecule has 1 amide bonds. The number of hydroxylamine groups is 1. The highest BCUT2D eigenvalue weighted by atomic mass is 32.1. The predicted octanol–water partition coefficient (Wildman–Crippen LogP) is 3.69. The van der Waals surface area contributed by atoms with E-state index < -0.39 is 5.91 Å². The second-order valence-corrected chi connectivity index (χ2v) is 6.92. The molecule has 1 fully saturated rings. The Balaban J connectivity index is 1.52. The van der Waals surface area contributed by atoms with Gasteiger partial charge in [-0.25, -0.2) is 5.48 Å². The molecule has 3 N–H and O–H groups in total. The summed E-state index contributed by atoms with van der Waals surface area (Å²) in [5.41, 5.74) is 5.25.